The second-order valence-corrected chi connectivity index (χ2v) is 6.84. The van der Waals surface area contributed by atoms with Gasteiger partial charge in [-0.2, -0.15) is 13.2 Å². The molecule has 0 amide bonds. The van der Waals surface area contributed by atoms with Crippen LogP contribution in [0.1, 0.15) is 37.7 Å². The monoisotopic (exact) mass is 371 g/mol. The molecule has 0 radical (unpaired) electrons. The summed E-state index contributed by atoms with van der Waals surface area (Å²) in [5, 5.41) is 0. The Bertz CT molecular complexity index is 596. The summed E-state index contributed by atoms with van der Waals surface area (Å²) in [6, 6.07) is 7.38. The first-order chi connectivity index (χ1) is 12.5. The van der Waals surface area contributed by atoms with Crippen molar-refractivity contribution >= 4 is 5.97 Å². The summed E-state index contributed by atoms with van der Waals surface area (Å²) < 4.78 is 54.1. The first-order valence-corrected chi connectivity index (χ1v) is 9.12. The van der Waals surface area contributed by atoms with Crippen molar-refractivity contribution < 1.29 is 27.4 Å². The van der Waals surface area contributed by atoms with E-state index >= 15 is 0 Å². The van der Waals surface area contributed by atoms with E-state index in [-0.39, 0.29) is 31.9 Å². The zero-order valence-corrected chi connectivity index (χ0v) is 14.6. The highest BCUT2D eigenvalue weighted by molar-refractivity contribution is 5.84. The maximum Gasteiger partial charge on any atom is 0.421 e. The molecule has 2 fully saturated rings. The van der Waals surface area contributed by atoms with Crippen molar-refractivity contribution in [3.05, 3.63) is 35.9 Å². The smallest absolute Gasteiger partial charge is 0.421 e. The molecular weight excluding hydrogens is 347 g/mol. The van der Waals surface area contributed by atoms with Crippen LogP contribution in [-0.2, 0) is 19.8 Å². The van der Waals surface area contributed by atoms with Gasteiger partial charge in [-0.15, -0.1) is 0 Å². The topological polar surface area (TPSA) is 38.8 Å². The number of hydrogen-bond donors (Lipinski definition) is 0. The van der Waals surface area contributed by atoms with Gasteiger partial charge in [0.1, 0.15) is 6.10 Å². The summed E-state index contributed by atoms with van der Waals surface area (Å²) >= 11 is 0. The van der Waals surface area contributed by atoms with Gasteiger partial charge >= 0.3 is 12.1 Å². The number of hydrogen-bond acceptors (Lipinski definition) is 4. The molecule has 0 N–H and O–H groups in total. The van der Waals surface area contributed by atoms with Crippen molar-refractivity contribution in [1.29, 1.82) is 0 Å². The third-order valence-electron chi connectivity index (χ3n) is 5.21. The molecule has 144 valence electrons. The van der Waals surface area contributed by atoms with Gasteiger partial charge in [0.25, 0.3) is 0 Å². The van der Waals surface area contributed by atoms with Gasteiger partial charge in [-0.3, -0.25) is 4.90 Å². The molecule has 1 aromatic rings. The van der Waals surface area contributed by atoms with Crippen LogP contribution in [0.15, 0.2) is 30.3 Å². The highest BCUT2D eigenvalue weighted by Gasteiger charge is 2.66. The standard InChI is InChI=1S/C19H24F3NO3/c20-19(21,22)18(15-7-3-1-4-8-15,23-11-13-25-14-12-23)17(24)26-16-9-5-2-6-10-16/h1,3-4,7-8,16H,2,5-6,9-14H2. The Morgan fingerprint density at radius 1 is 1.04 bits per heavy atom. The minimum atomic E-state index is -4.81. The number of alkyl halides is 3. The summed E-state index contributed by atoms with van der Waals surface area (Å²) in [7, 11) is 0. The molecule has 0 aromatic heterocycles. The SMILES string of the molecule is O=C(OC1CCCCC1)C(c1ccccc1)(N1CCOCC1)C(F)(F)F. The second kappa shape index (κ2) is 7.96. The van der Waals surface area contributed by atoms with Crippen molar-refractivity contribution in [3.63, 3.8) is 0 Å². The van der Waals surface area contributed by atoms with Gasteiger partial charge < -0.3 is 9.47 Å². The number of nitrogens with zero attached hydrogens (tertiary/aromatic N) is 1. The number of benzene rings is 1. The third kappa shape index (κ3) is 3.60. The Balaban J connectivity index is 2.02. The lowest BCUT2D eigenvalue weighted by molar-refractivity contribution is -0.254. The molecule has 26 heavy (non-hydrogen) atoms. The molecule has 4 nitrogen and oxygen atoms in total. The van der Waals surface area contributed by atoms with Crippen LogP contribution < -0.4 is 0 Å². The minimum Gasteiger partial charge on any atom is -0.460 e. The van der Waals surface area contributed by atoms with E-state index in [2.05, 4.69) is 0 Å². The van der Waals surface area contributed by atoms with Gasteiger partial charge in [-0.05, 0) is 31.2 Å². The quantitative estimate of drug-likeness (QED) is 0.758. The Morgan fingerprint density at radius 2 is 1.65 bits per heavy atom. The number of esters is 1. The Labute approximate surface area is 151 Å². The van der Waals surface area contributed by atoms with Crippen molar-refractivity contribution in [2.75, 3.05) is 26.3 Å². The van der Waals surface area contributed by atoms with E-state index in [9.17, 15) is 18.0 Å². The molecule has 3 rings (SSSR count). The van der Waals surface area contributed by atoms with Crippen LogP contribution in [0.4, 0.5) is 13.2 Å². The molecule has 1 aliphatic carbocycles. The molecule has 1 heterocycles. The van der Waals surface area contributed by atoms with Crippen LogP contribution in [0.5, 0.6) is 0 Å². The number of carbonyl (C=O) groups is 1. The molecule has 1 aliphatic heterocycles. The molecule has 1 atom stereocenters. The van der Waals surface area contributed by atoms with Crippen LogP contribution in [0, 0.1) is 0 Å². The molecule has 0 spiro atoms. The normalized spacial score (nSPS) is 22.6. The third-order valence-corrected chi connectivity index (χ3v) is 5.21. The average molecular weight is 371 g/mol. The first-order valence-electron chi connectivity index (χ1n) is 9.12. The molecule has 0 bridgehead atoms. The van der Waals surface area contributed by atoms with Crippen molar-refractivity contribution in [2.24, 2.45) is 0 Å². The van der Waals surface area contributed by atoms with Crippen molar-refractivity contribution in [1.82, 2.24) is 4.90 Å². The minimum absolute atomic E-state index is 0.0220. The molecule has 1 aromatic carbocycles. The van der Waals surface area contributed by atoms with Gasteiger partial charge in [-0.25, -0.2) is 4.79 Å². The van der Waals surface area contributed by atoms with E-state index in [1.165, 1.54) is 24.3 Å². The highest BCUT2D eigenvalue weighted by Crippen LogP contribution is 2.46. The molecule has 1 unspecified atom stereocenters. The van der Waals surface area contributed by atoms with E-state index in [1.807, 2.05) is 0 Å². The highest BCUT2D eigenvalue weighted by atomic mass is 19.4. The fraction of sp³-hybridized carbons (Fsp3) is 0.632. The van der Waals surface area contributed by atoms with Gasteiger partial charge in [-0.1, -0.05) is 36.8 Å². The van der Waals surface area contributed by atoms with Gasteiger partial charge in [0, 0.05) is 13.1 Å². The van der Waals surface area contributed by atoms with Crippen molar-refractivity contribution in [3.8, 4) is 0 Å². The van der Waals surface area contributed by atoms with Crippen LogP contribution in [0.2, 0.25) is 0 Å². The lowest BCUT2D eigenvalue weighted by Crippen LogP contribution is -2.64. The van der Waals surface area contributed by atoms with Gasteiger partial charge in [0.15, 0.2) is 0 Å². The van der Waals surface area contributed by atoms with E-state index in [0.717, 1.165) is 24.2 Å². The Kier molecular flexibility index (Phi) is 5.87. The average Bonchev–Trinajstić information content (AvgIpc) is 2.64. The van der Waals surface area contributed by atoms with E-state index in [4.69, 9.17) is 9.47 Å². The number of morpholine rings is 1. The van der Waals surface area contributed by atoms with Crippen LogP contribution >= 0.6 is 0 Å². The number of ether oxygens (including phenoxy) is 2. The summed E-state index contributed by atoms with van der Waals surface area (Å²) in [5.41, 5.74) is -2.90. The van der Waals surface area contributed by atoms with E-state index in [0.29, 0.717) is 12.8 Å². The van der Waals surface area contributed by atoms with E-state index < -0.39 is 23.8 Å². The maximum absolute atomic E-state index is 14.5. The van der Waals surface area contributed by atoms with Crippen LogP contribution in [0.3, 0.4) is 0 Å². The predicted octanol–water partition coefficient (Wildman–Crippen LogP) is 3.65. The first kappa shape index (κ1) is 19.2. The van der Waals surface area contributed by atoms with Gasteiger partial charge in [0.2, 0.25) is 5.54 Å². The summed E-state index contributed by atoms with van der Waals surface area (Å²) in [4.78, 5) is 14.2. The summed E-state index contributed by atoms with van der Waals surface area (Å²) in [6.45, 7) is 0.352. The molecule has 2 aliphatic rings. The zero-order valence-electron chi connectivity index (χ0n) is 14.6. The number of rotatable bonds is 4. The molecule has 1 saturated carbocycles. The molecule has 1 saturated heterocycles. The lowest BCUT2D eigenvalue weighted by atomic mass is 9.86. The van der Waals surface area contributed by atoms with Crippen molar-refractivity contribution in [2.45, 2.75) is 49.9 Å². The Morgan fingerprint density at radius 3 is 2.23 bits per heavy atom. The lowest BCUT2D eigenvalue weighted by Gasteiger charge is -2.45. The summed E-state index contributed by atoms with van der Waals surface area (Å²) in [5.74, 6) is -1.22. The van der Waals surface area contributed by atoms with Gasteiger partial charge in [0.05, 0.1) is 13.2 Å². The largest absolute Gasteiger partial charge is 0.460 e. The maximum atomic E-state index is 14.5. The summed E-state index contributed by atoms with van der Waals surface area (Å²) in [6.07, 6.45) is -1.23. The molecular formula is C19H24F3NO3. The van der Waals surface area contributed by atoms with Crippen LogP contribution in [-0.4, -0.2) is 49.5 Å². The fourth-order valence-corrected chi connectivity index (χ4v) is 3.89. The number of carbonyl (C=O) groups excluding carboxylic acids is 1. The molecule has 7 heteroatoms. The fourth-order valence-electron chi connectivity index (χ4n) is 3.89. The van der Waals surface area contributed by atoms with Crippen LogP contribution in [0.25, 0.3) is 0 Å². The second-order valence-electron chi connectivity index (χ2n) is 6.84. The Hall–Kier alpha value is -1.60. The number of halogens is 3. The zero-order chi connectivity index (χ0) is 18.6. The van der Waals surface area contributed by atoms with E-state index in [1.54, 1.807) is 6.07 Å². The predicted molar refractivity (Wildman–Crippen MR) is 89.5 cm³/mol.